The van der Waals surface area contributed by atoms with Crippen LogP contribution in [0.25, 0.3) is 0 Å². The maximum absolute atomic E-state index is 12.9. The van der Waals surface area contributed by atoms with E-state index in [4.69, 9.17) is 9.47 Å². The van der Waals surface area contributed by atoms with E-state index in [0.29, 0.717) is 18.9 Å². The molecule has 24 heavy (non-hydrogen) atoms. The predicted octanol–water partition coefficient (Wildman–Crippen LogP) is 3.19. The van der Waals surface area contributed by atoms with E-state index >= 15 is 0 Å². The van der Waals surface area contributed by atoms with Gasteiger partial charge in [-0.15, -0.1) is 0 Å². The summed E-state index contributed by atoms with van der Waals surface area (Å²) in [5.41, 5.74) is 1.06. The minimum atomic E-state index is -0.332. The van der Waals surface area contributed by atoms with Crippen LogP contribution in [0, 0.1) is 5.82 Å². The van der Waals surface area contributed by atoms with Gasteiger partial charge in [0.1, 0.15) is 17.7 Å². The van der Waals surface area contributed by atoms with E-state index < -0.39 is 0 Å². The highest BCUT2D eigenvalue weighted by Gasteiger charge is 2.32. The molecule has 1 fully saturated rings. The van der Waals surface area contributed by atoms with Gasteiger partial charge in [0.2, 0.25) is 0 Å². The number of hydrogen-bond donors (Lipinski definition) is 0. The highest BCUT2D eigenvalue weighted by molar-refractivity contribution is 5.78. The standard InChI is InChI=1S/C19H20FNO3/c1-14-19(15-5-3-2-4-6-15)23-12-11-21(14)18(22)13-24-17-9-7-16(20)8-10-17/h2-10,14,19H,11-13H2,1H3. The second kappa shape index (κ2) is 7.45. The van der Waals surface area contributed by atoms with Crippen molar-refractivity contribution in [3.8, 4) is 5.75 Å². The van der Waals surface area contributed by atoms with Crippen LogP contribution in [0.4, 0.5) is 4.39 Å². The molecular formula is C19H20FNO3. The van der Waals surface area contributed by atoms with Gasteiger partial charge in [0.15, 0.2) is 6.61 Å². The molecule has 126 valence electrons. The summed E-state index contributed by atoms with van der Waals surface area (Å²) in [6.45, 7) is 2.94. The molecule has 0 radical (unpaired) electrons. The van der Waals surface area contributed by atoms with Gasteiger partial charge in [0.05, 0.1) is 12.6 Å². The van der Waals surface area contributed by atoms with Gasteiger partial charge < -0.3 is 14.4 Å². The van der Waals surface area contributed by atoms with E-state index in [2.05, 4.69) is 0 Å². The second-order valence-corrected chi connectivity index (χ2v) is 5.77. The summed E-state index contributed by atoms with van der Waals surface area (Å²) in [6, 6.07) is 15.4. The molecular weight excluding hydrogens is 309 g/mol. The Kier molecular flexibility index (Phi) is 5.11. The molecule has 0 N–H and O–H groups in total. The average molecular weight is 329 g/mol. The molecule has 1 amide bonds. The van der Waals surface area contributed by atoms with Crippen LogP contribution in [-0.2, 0) is 9.53 Å². The fraction of sp³-hybridized carbons (Fsp3) is 0.316. The summed E-state index contributed by atoms with van der Waals surface area (Å²) in [6.07, 6.45) is -0.144. The third kappa shape index (κ3) is 3.74. The number of nitrogens with zero attached hydrogens (tertiary/aromatic N) is 1. The Balaban J connectivity index is 1.62. The number of benzene rings is 2. The van der Waals surface area contributed by atoms with E-state index in [1.807, 2.05) is 37.3 Å². The van der Waals surface area contributed by atoms with Crippen LogP contribution < -0.4 is 4.74 Å². The summed E-state index contributed by atoms with van der Waals surface area (Å²) in [7, 11) is 0. The minimum Gasteiger partial charge on any atom is -0.484 e. The number of carbonyl (C=O) groups excluding carboxylic acids is 1. The first-order chi connectivity index (χ1) is 11.6. The van der Waals surface area contributed by atoms with E-state index in [-0.39, 0.29) is 30.5 Å². The van der Waals surface area contributed by atoms with Gasteiger partial charge >= 0.3 is 0 Å². The Hall–Kier alpha value is -2.40. The van der Waals surface area contributed by atoms with Crippen LogP contribution in [0.2, 0.25) is 0 Å². The summed E-state index contributed by atoms with van der Waals surface area (Å²) < 4.78 is 24.2. The van der Waals surface area contributed by atoms with Gasteiger partial charge in [-0.2, -0.15) is 0 Å². The fourth-order valence-electron chi connectivity index (χ4n) is 2.91. The number of hydrogen-bond acceptors (Lipinski definition) is 3. The number of halogens is 1. The molecule has 1 saturated heterocycles. The molecule has 0 aromatic heterocycles. The zero-order chi connectivity index (χ0) is 16.9. The van der Waals surface area contributed by atoms with Crippen molar-refractivity contribution in [2.45, 2.75) is 19.1 Å². The van der Waals surface area contributed by atoms with Crippen LogP contribution in [0.15, 0.2) is 54.6 Å². The molecule has 1 aliphatic rings. The summed E-state index contributed by atoms with van der Waals surface area (Å²) in [4.78, 5) is 14.3. The molecule has 0 saturated carbocycles. The van der Waals surface area contributed by atoms with Crippen LogP contribution in [-0.4, -0.2) is 36.6 Å². The molecule has 1 aliphatic heterocycles. The Labute approximate surface area is 140 Å². The van der Waals surface area contributed by atoms with Gasteiger partial charge in [0.25, 0.3) is 5.91 Å². The summed E-state index contributed by atoms with van der Waals surface area (Å²) in [5.74, 6) is 0.0440. The second-order valence-electron chi connectivity index (χ2n) is 5.77. The van der Waals surface area contributed by atoms with Crippen molar-refractivity contribution in [2.75, 3.05) is 19.8 Å². The molecule has 4 nitrogen and oxygen atoms in total. The molecule has 0 bridgehead atoms. The predicted molar refractivity (Wildman–Crippen MR) is 88.2 cm³/mol. The lowest BCUT2D eigenvalue weighted by Crippen LogP contribution is -2.50. The highest BCUT2D eigenvalue weighted by atomic mass is 19.1. The lowest BCUT2D eigenvalue weighted by molar-refractivity contribution is -0.147. The number of morpholine rings is 1. The zero-order valence-corrected chi connectivity index (χ0v) is 13.5. The molecule has 2 atom stereocenters. The number of rotatable bonds is 4. The smallest absolute Gasteiger partial charge is 0.260 e. The normalized spacial score (nSPS) is 20.7. The van der Waals surface area contributed by atoms with Crippen molar-refractivity contribution in [1.29, 1.82) is 0 Å². The quantitative estimate of drug-likeness (QED) is 0.865. The van der Waals surface area contributed by atoms with Gasteiger partial charge in [0, 0.05) is 6.54 Å². The van der Waals surface area contributed by atoms with E-state index in [1.165, 1.54) is 24.3 Å². The third-order valence-electron chi connectivity index (χ3n) is 4.18. The Bertz CT molecular complexity index is 675. The lowest BCUT2D eigenvalue weighted by Gasteiger charge is -2.39. The summed E-state index contributed by atoms with van der Waals surface area (Å²) in [5, 5.41) is 0. The molecule has 0 spiro atoms. The number of ether oxygens (including phenoxy) is 2. The van der Waals surface area contributed by atoms with E-state index in [9.17, 15) is 9.18 Å². The van der Waals surface area contributed by atoms with Crippen molar-refractivity contribution in [1.82, 2.24) is 4.90 Å². The number of amides is 1. The first kappa shape index (κ1) is 16.5. The van der Waals surface area contributed by atoms with Gasteiger partial charge in [-0.3, -0.25) is 4.79 Å². The molecule has 5 heteroatoms. The van der Waals surface area contributed by atoms with Crippen molar-refractivity contribution in [3.05, 3.63) is 66.0 Å². The highest BCUT2D eigenvalue weighted by Crippen LogP contribution is 2.28. The van der Waals surface area contributed by atoms with E-state index in [1.54, 1.807) is 4.90 Å². The van der Waals surface area contributed by atoms with Gasteiger partial charge in [-0.1, -0.05) is 30.3 Å². The molecule has 2 aromatic rings. The average Bonchev–Trinajstić information content (AvgIpc) is 2.62. The Morgan fingerprint density at radius 1 is 1.21 bits per heavy atom. The van der Waals surface area contributed by atoms with Gasteiger partial charge in [-0.05, 0) is 36.8 Å². The maximum Gasteiger partial charge on any atom is 0.260 e. The lowest BCUT2D eigenvalue weighted by atomic mass is 10.0. The first-order valence-electron chi connectivity index (χ1n) is 7.99. The Morgan fingerprint density at radius 2 is 1.92 bits per heavy atom. The number of carbonyl (C=O) groups is 1. The summed E-state index contributed by atoms with van der Waals surface area (Å²) >= 11 is 0. The topological polar surface area (TPSA) is 38.8 Å². The minimum absolute atomic E-state index is 0.0719. The molecule has 3 rings (SSSR count). The molecule has 1 heterocycles. The third-order valence-corrected chi connectivity index (χ3v) is 4.18. The first-order valence-corrected chi connectivity index (χ1v) is 7.99. The Morgan fingerprint density at radius 3 is 2.62 bits per heavy atom. The molecule has 0 aliphatic carbocycles. The SMILES string of the molecule is CC1C(c2ccccc2)OCCN1C(=O)COc1ccc(F)cc1. The van der Waals surface area contributed by atoms with Crippen LogP contribution in [0.1, 0.15) is 18.6 Å². The van der Waals surface area contributed by atoms with Crippen LogP contribution >= 0.6 is 0 Å². The van der Waals surface area contributed by atoms with Crippen molar-refractivity contribution in [3.63, 3.8) is 0 Å². The largest absolute Gasteiger partial charge is 0.484 e. The molecule has 2 unspecified atom stereocenters. The van der Waals surface area contributed by atoms with Crippen LogP contribution in [0.5, 0.6) is 5.75 Å². The van der Waals surface area contributed by atoms with Crippen molar-refractivity contribution in [2.24, 2.45) is 0 Å². The monoisotopic (exact) mass is 329 g/mol. The maximum atomic E-state index is 12.9. The van der Waals surface area contributed by atoms with Crippen molar-refractivity contribution >= 4 is 5.91 Å². The van der Waals surface area contributed by atoms with Gasteiger partial charge in [-0.25, -0.2) is 4.39 Å². The van der Waals surface area contributed by atoms with Crippen LogP contribution in [0.3, 0.4) is 0 Å². The fourth-order valence-corrected chi connectivity index (χ4v) is 2.91. The zero-order valence-electron chi connectivity index (χ0n) is 13.5. The van der Waals surface area contributed by atoms with E-state index in [0.717, 1.165) is 5.56 Å². The van der Waals surface area contributed by atoms with Crippen molar-refractivity contribution < 1.29 is 18.7 Å². The molecule has 2 aromatic carbocycles.